The molecule has 2 aromatic heterocycles. The van der Waals surface area contributed by atoms with Gasteiger partial charge in [0.2, 0.25) is 5.43 Å². The quantitative estimate of drug-likeness (QED) is 0.527. The number of hydrogen-bond acceptors (Lipinski definition) is 7. The predicted octanol–water partition coefficient (Wildman–Crippen LogP) is 4.00. The minimum Gasteiger partial charge on any atom is -0.494 e. The second kappa shape index (κ2) is 9.99. The number of nitrogens with one attached hydrogen (secondary N) is 1. The molecule has 33 heavy (non-hydrogen) atoms. The lowest BCUT2D eigenvalue weighted by Gasteiger charge is -2.12. The molecule has 1 aliphatic rings. The van der Waals surface area contributed by atoms with Crippen LogP contribution in [-0.2, 0) is 17.6 Å². The van der Waals surface area contributed by atoms with Gasteiger partial charge in [-0.15, -0.1) is 11.3 Å². The molecule has 0 saturated heterocycles. The van der Waals surface area contributed by atoms with Gasteiger partial charge >= 0.3 is 5.97 Å². The molecule has 1 aliphatic carbocycles. The highest BCUT2D eigenvalue weighted by atomic mass is 32.1. The average Bonchev–Trinajstić information content (AvgIpc) is 3.18. The number of esters is 1. The van der Waals surface area contributed by atoms with Crippen LogP contribution in [-0.4, -0.2) is 34.9 Å². The fraction of sp³-hybridized carbons (Fsp3) is 0.333. The summed E-state index contributed by atoms with van der Waals surface area (Å²) < 4.78 is 12.1. The van der Waals surface area contributed by atoms with Crippen molar-refractivity contribution in [2.24, 2.45) is 0 Å². The number of hydrogen-bond donors (Lipinski definition) is 1. The van der Waals surface area contributed by atoms with Gasteiger partial charge in [-0.25, -0.2) is 9.48 Å². The first kappa shape index (κ1) is 22.7. The van der Waals surface area contributed by atoms with Crippen molar-refractivity contribution < 1.29 is 19.1 Å². The van der Waals surface area contributed by atoms with Crippen LogP contribution in [0, 0.1) is 0 Å². The summed E-state index contributed by atoms with van der Waals surface area (Å²) >= 11 is 1.37. The minimum atomic E-state index is -0.663. The van der Waals surface area contributed by atoms with E-state index in [4.69, 9.17) is 9.47 Å². The van der Waals surface area contributed by atoms with E-state index in [2.05, 4.69) is 10.4 Å². The number of ether oxygens (including phenoxy) is 2. The Balaban J connectivity index is 1.64. The second-order valence-electron chi connectivity index (χ2n) is 7.49. The Hall–Kier alpha value is -3.46. The normalized spacial score (nSPS) is 12.7. The first-order chi connectivity index (χ1) is 16.0. The third-order valence-corrected chi connectivity index (χ3v) is 6.52. The van der Waals surface area contributed by atoms with Gasteiger partial charge in [0.25, 0.3) is 5.91 Å². The first-order valence-electron chi connectivity index (χ1n) is 11.0. The summed E-state index contributed by atoms with van der Waals surface area (Å²) in [5.74, 6) is -0.405. The highest BCUT2D eigenvalue weighted by Gasteiger charge is 2.28. The van der Waals surface area contributed by atoms with Gasteiger partial charge in [0.1, 0.15) is 10.8 Å². The van der Waals surface area contributed by atoms with Gasteiger partial charge in [0.05, 0.1) is 24.5 Å². The summed E-state index contributed by atoms with van der Waals surface area (Å²) in [6, 6.07) is 8.46. The number of aryl methyl sites for hydroxylation is 1. The summed E-state index contributed by atoms with van der Waals surface area (Å²) in [6.45, 7) is 4.44. The highest BCUT2D eigenvalue weighted by molar-refractivity contribution is 7.17. The zero-order valence-corrected chi connectivity index (χ0v) is 19.4. The Bertz CT molecular complexity index is 1230. The largest absolute Gasteiger partial charge is 0.494 e. The van der Waals surface area contributed by atoms with Gasteiger partial charge in [0, 0.05) is 17.1 Å². The Morgan fingerprint density at radius 2 is 1.85 bits per heavy atom. The lowest BCUT2D eigenvalue weighted by atomic mass is 9.95. The molecule has 8 nitrogen and oxygen atoms in total. The van der Waals surface area contributed by atoms with Crippen LogP contribution in [0.25, 0.3) is 5.69 Å². The van der Waals surface area contributed by atoms with Crippen LogP contribution in [0.15, 0.2) is 41.3 Å². The maximum atomic E-state index is 13.1. The van der Waals surface area contributed by atoms with Gasteiger partial charge < -0.3 is 14.8 Å². The van der Waals surface area contributed by atoms with Crippen LogP contribution < -0.4 is 15.5 Å². The molecule has 0 fully saturated rings. The van der Waals surface area contributed by atoms with Crippen LogP contribution in [0.2, 0.25) is 0 Å². The van der Waals surface area contributed by atoms with Gasteiger partial charge in [-0.3, -0.25) is 9.59 Å². The molecule has 9 heteroatoms. The molecule has 1 amide bonds. The van der Waals surface area contributed by atoms with E-state index >= 15 is 0 Å². The highest BCUT2D eigenvalue weighted by Crippen LogP contribution is 2.38. The second-order valence-corrected chi connectivity index (χ2v) is 8.59. The molecule has 2 heterocycles. The van der Waals surface area contributed by atoms with Gasteiger partial charge in [-0.2, -0.15) is 5.10 Å². The maximum absolute atomic E-state index is 13.1. The number of benzene rings is 1. The Kier molecular flexibility index (Phi) is 6.88. The maximum Gasteiger partial charge on any atom is 0.341 e. The summed E-state index contributed by atoms with van der Waals surface area (Å²) in [7, 11) is 0. The SMILES string of the molecule is CCOC(=O)c1c(NC(=O)c2nn(-c3ccc(OCC)cc3)ccc2=O)sc2c1CCCC2. The number of anilines is 1. The van der Waals surface area contributed by atoms with Crippen LogP contribution in [0.1, 0.15) is 58.0 Å². The lowest BCUT2D eigenvalue weighted by molar-refractivity contribution is 0.0526. The number of fused-ring (bicyclic) bond motifs is 1. The van der Waals surface area contributed by atoms with Gasteiger partial charge in [-0.1, -0.05) is 0 Å². The number of carbonyl (C=O) groups excluding carboxylic acids is 2. The molecule has 4 rings (SSSR count). The van der Waals surface area contributed by atoms with Crippen molar-refractivity contribution >= 4 is 28.2 Å². The van der Waals surface area contributed by atoms with E-state index in [9.17, 15) is 14.4 Å². The van der Waals surface area contributed by atoms with Crippen molar-refractivity contribution in [1.29, 1.82) is 0 Å². The molecular formula is C24H25N3O5S. The van der Waals surface area contributed by atoms with Crippen LogP contribution in [0.3, 0.4) is 0 Å². The van der Waals surface area contributed by atoms with Crippen molar-refractivity contribution in [1.82, 2.24) is 9.78 Å². The Morgan fingerprint density at radius 3 is 2.58 bits per heavy atom. The summed E-state index contributed by atoms with van der Waals surface area (Å²) in [5.41, 5.74) is 1.24. The van der Waals surface area contributed by atoms with Crippen molar-refractivity contribution in [3.05, 3.63) is 68.4 Å². The zero-order valence-electron chi connectivity index (χ0n) is 18.6. The topological polar surface area (TPSA) is 99.5 Å². The van der Waals surface area contributed by atoms with Crippen molar-refractivity contribution in [2.75, 3.05) is 18.5 Å². The van der Waals surface area contributed by atoms with Crippen molar-refractivity contribution in [2.45, 2.75) is 39.5 Å². The molecule has 1 aromatic carbocycles. The summed E-state index contributed by atoms with van der Waals surface area (Å²) in [4.78, 5) is 39.2. The van der Waals surface area contributed by atoms with E-state index in [1.807, 2.05) is 6.92 Å². The summed E-state index contributed by atoms with van der Waals surface area (Å²) in [5, 5.41) is 7.40. The fourth-order valence-electron chi connectivity index (χ4n) is 3.81. The average molecular weight is 468 g/mol. The van der Waals surface area contributed by atoms with Crippen molar-refractivity contribution in [3.63, 3.8) is 0 Å². The van der Waals surface area contributed by atoms with E-state index in [-0.39, 0.29) is 12.3 Å². The van der Waals surface area contributed by atoms with E-state index in [0.717, 1.165) is 36.1 Å². The Labute approximate surface area is 195 Å². The number of nitrogens with zero attached hydrogens (tertiary/aromatic N) is 2. The third-order valence-electron chi connectivity index (χ3n) is 5.31. The van der Waals surface area contributed by atoms with Gasteiger partial charge in [-0.05, 0) is 69.4 Å². The monoisotopic (exact) mass is 467 g/mol. The molecular weight excluding hydrogens is 442 g/mol. The van der Waals surface area contributed by atoms with Gasteiger partial charge in [0.15, 0.2) is 5.69 Å². The molecule has 3 aromatic rings. The Morgan fingerprint density at radius 1 is 1.09 bits per heavy atom. The number of thiophene rings is 1. The number of carbonyl (C=O) groups is 2. The van der Waals surface area contributed by atoms with Crippen LogP contribution in [0.4, 0.5) is 5.00 Å². The molecule has 0 atom stereocenters. The first-order valence-corrected chi connectivity index (χ1v) is 11.8. The third kappa shape index (κ3) is 4.83. The minimum absolute atomic E-state index is 0.240. The molecule has 1 N–H and O–H groups in total. The zero-order chi connectivity index (χ0) is 23.4. The standard InChI is InChI=1S/C24H25N3O5S/c1-3-31-16-11-9-15(10-12-16)27-14-13-18(28)21(26-27)22(29)25-23-20(24(30)32-4-2)17-7-5-6-8-19(17)33-23/h9-14H,3-8H2,1-2H3,(H,25,29). The number of rotatable bonds is 7. The molecule has 172 valence electrons. The molecule has 0 aliphatic heterocycles. The van der Waals surface area contributed by atoms with Crippen LogP contribution >= 0.6 is 11.3 Å². The number of aromatic nitrogens is 2. The van der Waals surface area contributed by atoms with Crippen LogP contribution in [0.5, 0.6) is 5.75 Å². The number of amides is 1. The molecule has 0 saturated carbocycles. The smallest absolute Gasteiger partial charge is 0.341 e. The molecule has 0 bridgehead atoms. The lowest BCUT2D eigenvalue weighted by Crippen LogP contribution is -2.26. The summed E-state index contributed by atoms with van der Waals surface area (Å²) in [6.07, 6.45) is 5.15. The molecule has 0 unspecified atom stereocenters. The predicted molar refractivity (Wildman–Crippen MR) is 126 cm³/mol. The van der Waals surface area contributed by atoms with Crippen molar-refractivity contribution in [3.8, 4) is 11.4 Å². The van der Waals surface area contributed by atoms with E-state index in [1.54, 1.807) is 31.2 Å². The van der Waals surface area contributed by atoms with E-state index in [1.165, 1.54) is 28.3 Å². The van der Waals surface area contributed by atoms with E-state index in [0.29, 0.717) is 28.6 Å². The molecule has 0 radical (unpaired) electrons. The molecule has 0 spiro atoms. The van der Waals surface area contributed by atoms with E-state index < -0.39 is 17.3 Å². The fourth-order valence-corrected chi connectivity index (χ4v) is 5.08.